The summed E-state index contributed by atoms with van der Waals surface area (Å²) in [4.78, 5) is 29.1. The fourth-order valence-corrected chi connectivity index (χ4v) is 4.01. The largest absolute Gasteiger partial charge is 0.325 e. The number of amides is 1. The first-order valence-corrected chi connectivity index (χ1v) is 10.2. The third-order valence-corrected chi connectivity index (χ3v) is 6.38. The molecule has 1 N–H and O–H groups in total. The fraction of sp³-hybridized carbons (Fsp3) is 0.250. The molecule has 0 spiro atoms. The van der Waals surface area contributed by atoms with Gasteiger partial charge in [-0.3, -0.25) is 14.2 Å². The lowest BCUT2D eigenvalue weighted by atomic mass is 10.3. The number of aryl methyl sites for hydroxylation is 1. The van der Waals surface area contributed by atoms with E-state index in [-0.39, 0.29) is 16.8 Å². The van der Waals surface area contributed by atoms with Crippen molar-refractivity contribution in [3.05, 3.63) is 45.5 Å². The summed E-state index contributed by atoms with van der Waals surface area (Å²) in [6.45, 7) is -0.249. The maximum absolute atomic E-state index is 12.6. The molecule has 10 nitrogen and oxygen atoms in total. The second-order valence-corrected chi connectivity index (χ2v) is 9.05. The minimum Gasteiger partial charge on any atom is -0.325 e. The highest BCUT2D eigenvalue weighted by molar-refractivity contribution is 9.10. The number of hydrogen-bond acceptors (Lipinski definition) is 6. The molecular formula is C16H17BrN6O4S. The molecule has 12 heteroatoms. The quantitative estimate of drug-likeness (QED) is 0.590. The van der Waals surface area contributed by atoms with Crippen molar-refractivity contribution in [3.63, 3.8) is 0 Å². The summed E-state index contributed by atoms with van der Waals surface area (Å²) in [7, 11) is 0.996. The lowest BCUT2D eigenvalue weighted by Crippen LogP contribution is -2.28. The molecule has 2 aromatic heterocycles. The average Bonchev–Trinajstić information content (AvgIpc) is 2.92. The van der Waals surface area contributed by atoms with Crippen LogP contribution in [-0.4, -0.2) is 52.1 Å². The Balaban J connectivity index is 1.78. The number of carbonyl (C=O) groups excluding carboxylic acids is 1. The van der Waals surface area contributed by atoms with E-state index in [1.165, 1.54) is 53.9 Å². The number of aromatic nitrogens is 4. The number of nitrogens with one attached hydrogen (secondary N) is 1. The van der Waals surface area contributed by atoms with Crippen LogP contribution in [0.15, 0.2) is 44.9 Å². The molecule has 0 bridgehead atoms. The normalized spacial score (nSPS) is 11.9. The summed E-state index contributed by atoms with van der Waals surface area (Å²) in [5.41, 5.74) is 0.422. The SMILES string of the molecule is CN(C)S(=O)(=O)c1ccc(NC(=O)Cn2cnc3c(c(Br)nn3C)c2=O)cc1. The summed E-state index contributed by atoms with van der Waals surface area (Å²) in [6, 6.07) is 5.77. The summed E-state index contributed by atoms with van der Waals surface area (Å²) >= 11 is 3.22. The second kappa shape index (κ2) is 7.45. The molecule has 1 amide bonds. The van der Waals surface area contributed by atoms with Crippen molar-refractivity contribution in [2.45, 2.75) is 11.4 Å². The van der Waals surface area contributed by atoms with Crippen LogP contribution >= 0.6 is 15.9 Å². The van der Waals surface area contributed by atoms with Crippen molar-refractivity contribution in [2.24, 2.45) is 7.05 Å². The van der Waals surface area contributed by atoms with E-state index in [1.54, 1.807) is 7.05 Å². The van der Waals surface area contributed by atoms with Crippen LogP contribution in [-0.2, 0) is 28.4 Å². The van der Waals surface area contributed by atoms with Gasteiger partial charge in [-0.25, -0.2) is 22.4 Å². The summed E-state index contributed by atoms with van der Waals surface area (Å²) in [6.07, 6.45) is 1.28. The minimum atomic E-state index is -3.54. The Morgan fingerprint density at radius 2 is 1.89 bits per heavy atom. The van der Waals surface area contributed by atoms with Crippen molar-refractivity contribution in [1.82, 2.24) is 23.6 Å². The molecule has 0 radical (unpaired) electrons. The van der Waals surface area contributed by atoms with Crippen LogP contribution in [0.5, 0.6) is 0 Å². The molecule has 0 atom stereocenters. The highest BCUT2D eigenvalue weighted by Crippen LogP contribution is 2.18. The zero-order valence-corrected chi connectivity index (χ0v) is 17.7. The molecule has 28 heavy (non-hydrogen) atoms. The van der Waals surface area contributed by atoms with E-state index in [2.05, 4.69) is 31.3 Å². The van der Waals surface area contributed by atoms with Crippen LogP contribution < -0.4 is 10.9 Å². The van der Waals surface area contributed by atoms with Crippen LogP contribution in [0, 0.1) is 0 Å². The molecular weight excluding hydrogens is 452 g/mol. The van der Waals surface area contributed by atoms with Crippen molar-refractivity contribution in [1.29, 1.82) is 0 Å². The molecule has 0 saturated heterocycles. The van der Waals surface area contributed by atoms with Crippen LogP contribution in [0.4, 0.5) is 5.69 Å². The number of fused-ring (bicyclic) bond motifs is 1. The van der Waals surface area contributed by atoms with Gasteiger partial charge in [0.1, 0.15) is 22.9 Å². The van der Waals surface area contributed by atoms with E-state index in [0.29, 0.717) is 15.9 Å². The Hall–Kier alpha value is -2.57. The van der Waals surface area contributed by atoms with Crippen LogP contribution in [0.1, 0.15) is 0 Å². The van der Waals surface area contributed by atoms with E-state index >= 15 is 0 Å². The molecule has 0 saturated carbocycles. The Morgan fingerprint density at radius 1 is 1.25 bits per heavy atom. The molecule has 0 unspecified atom stereocenters. The first-order chi connectivity index (χ1) is 13.1. The van der Waals surface area contributed by atoms with Gasteiger partial charge < -0.3 is 5.32 Å². The summed E-state index contributed by atoms with van der Waals surface area (Å²) < 4.78 is 28.2. The van der Waals surface area contributed by atoms with Gasteiger partial charge in [0, 0.05) is 26.8 Å². The summed E-state index contributed by atoms with van der Waals surface area (Å²) in [5, 5.41) is 7.00. The van der Waals surface area contributed by atoms with Gasteiger partial charge in [0.05, 0.1) is 4.90 Å². The number of halogens is 1. The number of rotatable bonds is 5. The van der Waals surface area contributed by atoms with E-state index in [4.69, 9.17) is 0 Å². The third-order valence-electron chi connectivity index (χ3n) is 4.00. The standard InChI is InChI=1S/C16H17BrN6O4S/c1-21(2)28(26,27)11-6-4-10(5-7-11)19-12(24)8-23-9-18-15-13(16(23)25)14(17)20-22(15)3/h4-7,9H,8H2,1-3H3,(H,19,24). The molecule has 0 fully saturated rings. The van der Waals surface area contributed by atoms with Crippen LogP contribution in [0.25, 0.3) is 11.0 Å². The molecule has 3 aromatic rings. The molecule has 2 heterocycles. The maximum atomic E-state index is 12.6. The number of carbonyl (C=O) groups is 1. The van der Waals surface area contributed by atoms with Crippen molar-refractivity contribution in [3.8, 4) is 0 Å². The van der Waals surface area contributed by atoms with Crippen LogP contribution in [0.3, 0.4) is 0 Å². The highest BCUT2D eigenvalue weighted by atomic mass is 79.9. The van der Waals surface area contributed by atoms with E-state index in [1.807, 2.05) is 0 Å². The van der Waals surface area contributed by atoms with Gasteiger partial charge >= 0.3 is 0 Å². The minimum absolute atomic E-state index is 0.114. The van der Waals surface area contributed by atoms with Gasteiger partial charge in [-0.2, -0.15) is 5.10 Å². The predicted molar refractivity (Wildman–Crippen MR) is 106 cm³/mol. The Bertz CT molecular complexity index is 1210. The maximum Gasteiger partial charge on any atom is 0.266 e. The summed E-state index contributed by atoms with van der Waals surface area (Å²) in [5.74, 6) is -0.452. The first kappa shape index (κ1) is 20.2. The van der Waals surface area contributed by atoms with Crippen molar-refractivity contribution >= 4 is 48.6 Å². The number of anilines is 1. The van der Waals surface area contributed by atoms with E-state index in [0.717, 1.165) is 4.31 Å². The van der Waals surface area contributed by atoms with Crippen molar-refractivity contribution in [2.75, 3.05) is 19.4 Å². The molecule has 1 aromatic carbocycles. The topological polar surface area (TPSA) is 119 Å². The smallest absolute Gasteiger partial charge is 0.266 e. The lowest BCUT2D eigenvalue weighted by molar-refractivity contribution is -0.116. The molecule has 0 aliphatic carbocycles. The first-order valence-electron chi connectivity index (χ1n) is 8.01. The third kappa shape index (κ3) is 3.70. The molecule has 148 valence electrons. The molecule has 3 rings (SSSR count). The lowest BCUT2D eigenvalue weighted by Gasteiger charge is -2.12. The highest BCUT2D eigenvalue weighted by Gasteiger charge is 2.17. The zero-order valence-electron chi connectivity index (χ0n) is 15.2. The number of nitrogens with zero attached hydrogens (tertiary/aromatic N) is 5. The molecule has 0 aliphatic rings. The number of benzene rings is 1. The van der Waals surface area contributed by atoms with Gasteiger partial charge in [-0.05, 0) is 40.2 Å². The van der Waals surface area contributed by atoms with Gasteiger partial charge in [-0.1, -0.05) is 0 Å². The van der Waals surface area contributed by atoms with Crippen LogP contribution in [0.2, 0.25) is 0 Å². The van der Waals surface area contributed by atoms with Gasteiger partial charge in [-0.15, -0.1) is 0 Å². The average molecular weight is 469 g/mol. The Kier molecular flexibility index (Phi) is 5.37. The second-order valence-electron chi connectivity index (χ2n) is 6.15. The van der Waals surface area contributed by atoms with Gasteiger partial charge in [0.15, 0.2) is 5.65 Å². The predicted octanol–water partition coefficient (Wildman–Crippen LogP) is 0.781. The fourth-order valence-electron chi connectivity index (χ4n) is 2.52. The van der Waals surface area contributed by atoms with Crippen molar-refractivity contribution < 1.29 is 13.2 Å². The monoisotopic (exact) mass is 468 g/mol. The molecule has 0 aliphatic heterocycles. The van der Waals surface area contributed by atoms with E-state index in [9.17, 15) is 18.0 Å². The Morgan fingerprint density at radius 3 is 2.50 bits per heavy atom. The Labute approximate surface area is 169 Å². The zero-order chi connectivity index (χ0) is 20.6. The number of hydrogen-bond donors (Lipinski definition) is 1. The number of sulfonamides is 1. The van der Waals surface area contributed by atoms with E-state index < -0.39 is 21.5 Å². The van der Waals surface area contributed by atoms with Gasteiger partial charge in [0.25, 0.3) is 5.56 Å². The van der Waals surface area contributed by atoms with Gasteiger partial charge in [0.2, 0.25) is 15.9 Å².